The number of rotatable bonds is 9. The molecule has 1 saturated heterocycles. The number of ether oxygens (including phenoxy) is 2. The summed E-state index contributed by atoms with van der Waals surface area (Å²) in [6.07, 6.45) is 3.07. The first kappa shape index (κ1) is 28.7. The average Bonchev–Trinajstić information content (AvgIpc) is 3.17. The number of aromatic nitrogens is 2. The molecule has 3 heterocycles. The minimum atomic E-state index is -0.546. The first-order valence-corrected chi connectivity index (χ1v) is 15.0. The molecule has 1 fully saturated rings. The van der Waals surface area contributed by atoms with Crippen LogP contribution in [0.15, 0.2) is 55.6 Å². The number of unbranched alkanes of at least 4 members (excludes halogenated alkanes) is 1. The molecule has 208 valence electrons. The van der Waals surface area contributed by atoms with Crippen LogP contribution in [0.1, 0.15) is 39.2 Å². The Morgan fingerprint density at radius 2 is 1.97 bits per heavy atom. The molecule has 0 radical (unpaired) electrons. The third kappa shape index (κ3) is 6.16. The number of esters is 1. The molecule has 11 heteroatoms. The van der Waals surface area contributed by atoms with Gasteiger partial charge in [-0.2, -0.15) is 11.8 Å². The fourth-order valence-electron chi connectivity index (χ4n) is 4.25. The number of hydrogen-bond acceptors (Lipinski definition) is 9. The maximum absolute atomic E-state index is 12.9. The second-order valence-electron chi connectivity index (χ2n) is 9.10. The lowest BCUT2D eigenvalue weighted by Gasteiger charge is -2.19. The topological polar surface area (TPSA) is 103 Å². The summed E-state index contributed by atoms with van der Waals surface area (Å²) in [5, 5.41) is 11.4. The fourth-order valence-corrected chi connectivity index (χ4v) is 6.24. The zero-order valence-corrected chi connectivity index (χ0v) is 24.0. The molecule has 0 bridgehead atoms. The van der Waals surface area contributed by atoms with E-state index < -0.39 is 11.2 Å². The second-order valence-corrected chi connectivity index (χ2v) is 11.2. The molecular formula is C28H33N3O6S2. The summed E-state index contributed by atoms with van der Waals surface area (Å²) >= 11 is 3.09. The summed E-state index contributed by atoms with van der Waals surface area (Å²) in [4.78, 5) is 40.5. The minimum absolute atomic E-state index is 0.0281. The van der Waals surface area contributed by atoms with Gasteiger partial charge in [0.15, 0.2) is 0 Å². The molecule has 4 rings (SSSR count). The summed E-state index contributed by atoms with van der Waals surface area (Å²) < 4.78 is 13.7. The Morgan fingerprint density at radius 3 is 2.69 bits per heavy atom. The molecule has 39 heavy (non-hydrogen) atoms. The lowest BCUT2D eigenvalue weighted by Crippen LogP contribution is -2.40. The zero-order valence-electron chi connectivity index (χ0n) is 22.4. The standard InChI is InChI=1S/C28H33N3O6S2/c1-5-8-13-31-22-11-9-19(36-15-20-17-38-16-18(4)27(34)37-20)14-23(22)39-24(31)12-10-21-25(32)29(6-2)28(35)30(7-3)26(21)33/h9-11,14,20,32H,4-8,13,15-17H2,1-3H3. The van der Waals surface area contributed by atoms with E-state index in [1.807, 2.05) is 18.2 Å². The maximum atomic E-state index is 12.9. The number of nitrogens with zero attached hydrogens (tertiary/aromatic N) is 3. The number of fused-ring (bicyclic) bond motifs is 1. The van der Waals surface area contributed by atoms with E-state index in [0.29, 0.717) is 22.8 Å². The van der Waals surface area contributed by atoms with Gasteiger partial charge in [-0.1, -0.05) is 37.4 Å². The maximum Gasteiger partial charge on any atom is 0.334 e. The van der Waals surface area contributed by atoms with Crippen molar-refractivity contribution in [3.05, 3.63) is 67.5 Å². The third-order valence-corrected chi connectivity index (χ3v) is 8.63. The number of benzene rings is 1. The first-order chi connectivity index (χ1) is 18.8. The first-order valence-electron chi connectivity index (χ1n) is 13.0. The van der Waals surface area contributed by atoms with Crippen molar-refractivity contribution in [2.75, 3.05) is 29.6 Å². The van der Waals surface area contributed by atoms with E-state index in [4.69, 9.17) is 9.47 Å². The van der Waals surface area contributed by atoms with E-state index in [1.165, 1.54) is 22.4 Å². The van der Waals surface area contributed by atoms with Crippen LogP contribution in [-0.2, 0) is 22.6 Å². The number of thioether (sulfide) groups is 2. The number of aromatic hydroxyl groups is 1. The van der Waals surface area contributed by atoms with E-state index in [0.717, 1.165) is 39.6 Å². The highest BCUT2D eigenvalue weighted by molar-refractivity contribution is 8.03. The third-order valence-electron chi connectivity index (χ3n) is 6.39. The van der Waals surface area contributed by atoms with Crippen molar-refractivity contribution in [1.29, 1.82) is 0 Å². The molecule has 1 aromatic carbocycles. The summed E-state index contributed by atoms with van der Waals surface area (Å²) in [6.45, 7) is 10.8. The summed E-state index contributed by atoms with van der Waals surface area (Å²) in [5.74, 6) is 1.12. The van der Waals surface area contributed by atoms with Crippen LogP contribution < -0.4 is 20.9 Å². The number of carbonyl (C=O) groups excluding carboxylic acids is 1. The van der Waals surface area contributed by atoms with Crippen molar-refractivity contribution < 1.29 is 19.4 Å². The Bertz CT molecular complexity index is 1450. The Labute approximate surface area is 235 Å². The van der Waals surface area contributed by atoms with E-state index in [2.05, 4.69) is 24.1 Å². The molecule has 9 nitrogen and oxygen atoms in total. The highest BCUT2D eigenvalue weighted by Crippen LogP contribution is 2.47. The largest absolute Gasteiger partial charge is 0.494 e. The lowest BCUT2D eigenvalue weighted by molar-refractivity contribution is -0.144. The van der Waals surface area contributed by atoms with Gasteiger partial charge in [0.25, 0.3) is 5.56 Å². The van der Waals surface area contributed by atoms with Gasteiger partial charge >= 0.3 is 11.7 Å². The van der Waals surface area contributed by atoms with Crippen molar-refractivity contribution in [2.24, 2.45) is 0 Å². The Kier molecular flexibility index (Phi) is 9.37. The van der Waals surface area contributed by atoms with Crippen LogP contribution in [0.5, 0.6) is 11.6 Å². The lowest BCUT2D eigenvalue weighted by atomic mass is 10.2. The SMILES string of the molecule is C=C1CSCC(COc2ccc3c(c2)SC(=C=Cc2c(O)n(CC)c(=O)n(CC)c2=O)N3CCCC)OC1=O. The van der Waals surface area contributed by atoms with Gasteiger partial charge in [0, 0.05) is 47.7 Å². The highest BCUT2D eigenvalue weighted by atomic mass is 32.2. The predicted molar refractivity (Wildman–Crippen MR) is 156 cm³/mol. The van der Waals surface area contributed by atoms with Gasteiger partial charge < -0.3 is 19.5 Å². The van der Waals surface area contributed by atoms with Crippen molar-refractivity contribution >= 4 is 41.3 Å². The van der Waals surface area contributed by atoms with Crippen molar-refractivity contribution in [3.8, 4) is 11.6 Å². The van der Waals surface area contributed by atoms with E-state index in [9.17, 15) is 19.5 Å². The molecule has 0 saturated carbocycles. The van der Waals surface area contributed by atoms with Crippen LogP contribution in [0.25, 0.3) is 6.08 Å². The number of carbonyl (C=O) groups is 1. The smallest absolute Gasteiger partial charge is 0.334 e. The van der Waals surface area contributed by atoms with Gasteiger partial charge in [0.05, 0.1) is 5.69 Å². The molecule has 0 spiro atoms. The Morgan fingerprint density at radius 1 is 1.21 bits per heavy atom. The van der Waals surface area contributed by atoms with Crippen LogP contribution >= 0.6 is 23.5 Å². The van der Waals surface area contributed by atoms with Gasteiger partial charge in [0.2, 0.25) is 5.88 Å². The molecule has 1 unspecified atom stereocenters. The minimum Gasteiger partial charge on any atom is -0.494 e. The highest BCUT2D eigenvalue weighted by Gasteiger charge is 2.26. The van der Waals surface area contributed by atoms with Gasteiger partial charge in [0.1, 0.15) is 29.1 Å². The fraction of sp³-hybridized carbons (Fsp3) is 0.429. The van der Waals surface area contributed by atoms with Crippen molar-refractivity contribution in [2.45, 2.75) is 57.7 Å². The van der Waals surface area contributed by atoms with E-state index in [-0.39, 0.29) is 43.2 Å². The van der Waals surface area contributed by atoms with Crippen LogP contribution in [0.3, 0.4) is 0 Å². The van der Waals surface area contributed by atoms with Crippen LogP contribution in [0, 0.1) is 0 Å². The number of cyclic esters (lactones) is 1. The van der Waals surface area contributed by atoms with Crippen LogP contribution in [0.4, 0.5) is 5.69 Å². The van der Waals surface area contributed by atoms with Gasteiger partial charge in [-0.3, -0.25) is 13.9 Å². The Balaban J connectivity index is 1.62. The normalized spacial score (nSPS) is 16.9. The van der Waals surface area contributed by atoms with Gasteiger partial charge in [-0.15, -0.1) is 0 Å². The average molecular weight is 572 g/mol. The second kappa shape index (κ2) is 12.7. The molecule has 1 N–H and O–H groups in total. The summed E-state index contributed by atoms with van der Waals surface area (Å²) in [7, 11) is 0. The molecule has 2 aliphatic rings. The van der Waals surface area contributed by atoms with E-state index in [1.54, 1.807) is 25.6 Å². The molecule has 0 amide bonds. The molecule has 1 atom stereocenters. The van der Waals surface area contributed by atoms with Crippen molar-refractivity contribution in [1.82, 2.24) is 9.13 Å². The quantitative estimate of drug-likeness (QED) is 0.269. The molecule has 1 aromatic heterocycles. The number of hydrogen-bond donors (Lipinski definition) is 1. The van der Waals surface area contributed by atoms with Crippen molar-refractivity contribution in [3.63, 3.8) is 0 Å². The summed E-state index contributed by atoms with van der Waals surface area (Å²) in [6, 6.07) is 5.81. The van der Waals surface area contributed by atoms with Crippen LogP contribution in [-0.4, -0.2) is 51.0 Å². The predicted octanol–water partition coefficient (Wildman–Crippen LogP) is 4.21. The number of anilines is 1. The molecular weight excluding hydrogens is 538 g/mol. The van der Waals surface area contributed by atoms with Gasteiger partial charge in [-0.05, 0) is 38.5 Å². The Hall–Kier alpha value is -3.27. The molecule has 2 aromatic rings. The zero-order chi connectivity index (χ0) is 28.1. The van der Waals surface area contributed by atoms with Crippen LogP contribution in [0.2, 0.25) is 0 Å². The molecule has 0 aliphatic carbocycles. The van der Waals surface area contributed by atoms with E-state index >= 15 is 0 Å². The van der Waals surface area contributed by atoms with Gasteiger partial charge in [-0.25, -0.2) is 9.59 Å². The monoisotopic (exact) mass is 571 g/mol. The molecule has 2 aliphatic heterocycles. The summed E-state index contributed by atoms with van der Waals surface area (Å²) in [5.41, 5.74) is 3.62.